The average Bonchev–Trinajstić information content (AvgIpc) is 3.48. The maximum atomic E-state index is 13.4. The maximum Gasteiger partial charge on any atom is 0.386 e. The van der Waals surface area contributed by atoms with Gasteiger partial charge in [-0.1, -0.05) is 24.5 Å². The zero-order chi connectivity index (χ0) is 29.8. The summed E-state index contributed by atoms with van der Waals surface area (Å²) in [5.74, 6) is -1.10. The number of aliphatic hydroxyl groups is 1. The number of anilines is 1. The monoisotopic (exact) mass is 659 g/mol. The second kappa shape index (κ2) is 11.4. The number of carbonyl (C=O) groups is 1. The number of amides is 1. The zero-order valence-corrected chi connectivity index (χ0v) is 25.2. The smallest absolute Gasteiger partial charge is 0.386 e. The average molecular weight is 660 g/mol. The molecule has 1 aliphatic carbocycles. The van der Waals surface area contributed by atoms with Crippen LogP contribution < -0.4 is 11.5 Å². The van der Waals surface area contributed by atoms with E-state index in [1.165, 1.54) is 24.7 Å². The van der Waals surface area contributed by atoms with Gasteiger partial charge in [0, 0.05) is 18.2 Å². The van der Waals surface area contributed by atoms with Crippen LogP contribution in [-0.4, -0.2) is 73.6 Å². The number of hydrogen-bond donors (Lipinski definition) is 5. The molecule has 3 aliphatic rings. The van der Waals surface area contributed by atoms with Gasteiger partial charge in [-0.2, -0.15) is 0 Å². The number of aliphatic hydroxyl groups excluding tert-OH is 1. The van der Waals surface area contributed by atoms with E-state index in [1.807, 2.05) is 4.57 Å². The molecule has 0 unspecified atom stereocenters. The summed E-state index contributed by atoms with van der Waals surface area (Å²) in [6.45, 7) is -8.56. The molecule has 3 fully saturated rings. The van der Waals surface area contributed by atoms with E-state index in [4.69, 9.17) is 34.3 Å². The molecular weight excluding hydrogens is 632 g/mol. The highest BCUT2D eigenvalue weighted by molar-refractivity contribution is 8.44. The molecule has 2 aliphatic heterocycles. The fraction of sp³-hybridized carbons (Fsp3) is 0.500. The maximum absolute atomic E-state index is 13.4. The lowest BCUT2D eigenvalue weighted by atomic mass is 9.70. The molecule has 0 spiro atoms. The van der Waals surface area contributed by atoms with E-state index >= 15 is 0 Å². The number of thiol groups is 2. The molecule has 5 heterocycles. The summed E-state index contributed by atoms with van der Waals surface area (Å²) in [5, 5.41) is 11.1. The van der Waals surface area contributed by atoms with Crippen molar-refractivity contribution in [1.29, 1.82) is 0 Å². The summed E-state index contributed by atoms with van der Waals surface area (Å²) in [5.41, 5.74) is 12.5. The second-order valence-electron chi connectivity index (χ2n) is 10.1. The summed E-state index contributed by atoms with van der Waals surface area (Å²) in [6.07, 6.45) is -0.0927. The fourth-order valence-corrected chi connectivity index (χ4v) is 8.11. The van der Waals surface area contributed by atoms with Gasteiger partial charge in [0.05, 0.1) is 26.1 Å². The predicted octanol–water partition coefficient (Wildman–Crippen LogP) is 2.10. The molecule has 1 amide bonds. The first kappa shape index (κ1) is 29.9. The van der Waals surface area contributed by atoms with E-state index in [0.717, 1.165) is 0 Å². The molecule has 3 aromatic rings. The summed E-state index contributed by atoms with van der Waals surface area (Å²) in [4.78, 5) is 28.2. The Kier molecular flexibility index (Phi) is 8.15. The van der Waals surface area contributed by atoms with E-state index in [2.05, 4.69) is 44.4 Å². The first-order chi connectivity index (χ1) is 19.9. The molecule has 20 heteroatoms. The number of aromatic nitrogens is 5. The summed E-state index contributed by atoms with van der Waals surface area (Å²) >= 11 is 8.28. The molecule has 16 nitrogen and oxygen atoms in total. The van der Waals surface area contributed by atoms with Gasteiger partial charge in [0.15, 0.2) is 11.5 Å². The zero-order valence-electron chi connectivity index (χ0n) is 21.6. The largest absolute Gasteiger partial charge is 0.387 e. The van der Waals surface area contributed by atoms with Crippen molar-refractivity contribution in [1.82, 2.24) is 24.5 Å². The van der Waals surface area contributed by atoms with Crippen LogP contribution in [0.5, 0.6) is 0 Å². The third kappa shape index (κ3) is 5.85. The van der Waals surface area contributed by atoms with Gasteiger partial charge in [-0.3, -0.25) is 18.8 Å². The Labute approximate surface area is 249 Å². The van der Waals surface area contributed by atoms with Crippen LogP contribution in [0.3, 0.4) is 0 Å². The lowest BCUT2D eigenvalue weighted by molar-refractivity contribution is -0.0239. The van der Waals surface area contributed by atoms with Gasteiger partial charge in [-0.05, 0) is 30.0 Å². The van der Waals surface area contributed by atoms with Gasteiger partial charge in [0.1, 0.15) is 42.0 Å². The van der Waals surface area contributed by atoms with Crippen molar-refractivity contribution >= 4 is 61.0 Å². The number of ether oxygens (including phenoxy) is 1. The molecule has 2 saturated heterocycles. The van der Waals surface area contributed by atoms with E-state index in [9.17, 15) is 19.0 Å². The topological polar surface area (TPSA) is 226 Å². The fourth-order valence-electron chi connectivity index (χ4n) is 5.43. The summed E-state index contributed by atoms with van der Waals surface area (Å²) < 4.78 is 56.9. The molecule has 6 rings (SSSR count). The van der Waals surface area contributed by atoms with Crippen molar-refractivity contribution < 1.29 is 41.9 Å². The Morgan fingerprint density at radius 3 is 2.62 bits per heavy atom. The van der Waals surface area contributed by atoms with Crippen LogP contribution in [0.25, 0.3) is 11.2 Å². The number of carbonyl (C=O) groups excluding carboxylic acids is 1. The Morgan fingerprint density at radius 1 is 1.07 bits per heavy atom. The van der Waals surface area contributed by atoms with Gasteiger partial charge in [-0.15, -0.1) is 0 Å². The van der Waals surface area contributed by atoms with Crippen molar-refractivity contribution in [2.75, 3.05) is 25.6 Å². The molecule has 1 saturated carbocycles. The number of pyridine rings is 1. The Hall–Kier alpha value is -2.11. The van der Waals surface area contributed by atoms with Crippen molar-refractivity contribution in [3.63, 3.8) is 0 Å². The van der Waals surface area contributed by atoms with Crippen LogP contribution in [0.15, 0.2) is 31.0 Å². The number of fused-ring (bicyclic) bond motifs is 4. The quantitative estimate of drug-likeness (QED) is 0.201. The van der Waals surface area contributed by atoms with Gasteiger partial charge in [0.2, 0.25) is 0 Å². The highest BCUT2D eigenvalue weighted by Crippen LogP contribution is 2.60. The number of nitrogen functional groups attached to an aromatic ring is 1. The summed E-state index contributed by atoms with van der Waals surface area (Å²) in [7, 11) is 0. The van der Waals surface area contributed by atoms with Crippen LogP contribution in [0.2, 0.25) is 0 Å². The van der Waals surface area contributed by atoms with Crippen LogP contribution >= 0.6 is 38.1 Å². The number of rotatable bonds is 3. The Bertz CT molecular complexity index is 1620. The molecule has 5 N–H and O–H groups in total. The van der Waals surface area contributed by atoms with Crippen LogP contribution in [-0.2, 0) is 32.0 Å². The third-order valence-electron chi connectivity index (χ3n) is 7.63. The highest BCUT2D eigenvalue weighted by atomic mass is 32.7. The molecule has 0 radical (unpaired) electrons. The molecule has 2 bridgehead atoms. The molecule has 3 aromatic heterocycles. The highest BCUT2D eigenvalue weighted by Gasteiger charge is 2.50. The number of nitrogens with zero attached hydrogens (tertiary/aromatic N) is 5. The Morgan fingerprint density at radius 2 is 1.83 bits per heavy atom. The molecule has 9 atom stereocenters. The van der Waals surface area contributed by atoms with Crippen molar-refractivity contribution in [2.24, 2.45) is 17.6 Å². The minimum absolute atomic E-state index is 0.0566. The third-order valence-corrected chi connectivity index (χ3v) is 10.9. The molecule has 0 aromatic carbocycles. The van der Waals surface area contributed by atoms with Crippen LogP contribution in [0, 0.1) is 11.8 Å². The van der Waals surface area contributed by atoms with Gasteiger partial charge in [-0.25, -0.2) is 24.1 Å². The molecule has 42 heavy (non-hydrogen) atoms. The number of imidazole rings is 1. The first-order valence-corrected chi connectivity index (χ1v) is 18.1. The van der Waals surface area contributed by atoms with Crippen LogP contribution in [0.1, 0.15) is 34.6 Å². The van der Waals surface area contributed by atoms with Crippen molar-refractivity contribution in [3.8, 4) is 0 Å². The number of primary amides is 1. The minimum atomic E-state index is -4.08. The number of nitrogens with two attached hydrogens (primary N) is 2. The van der Waals surface area contributed by atoms with Gasteiger partial charge >= 0.3 is 13.6 Å². The molecule has 226 valence electrons. The SMILES string of the molecule is NC(=O)c1cc([C@@H]2O[C@@H]3CO[P@@](=O)(S)OC[C@@H]4[C@@H](CO[P@@](=O)(S)O[C@@H]2[C@@H]3O)C[C@H]4n2cnc3c(N)ncnc32)ccn1. The predicted molar refractivity (Wildman–Crippen MR) is 153 cm³/mol. The first-order valence-electron chi connectivity index (χ1n) is 12.7. The van der Waals surface area contributed by atoms with Gasteiger partial charge in [0.25, 0.3) is 5.91 Å². The Balaban J connectivity index is 1.27. The lowest BCUT2D eigenvalue weighted by Gasteiger charge is -2.45. The minimum Gasteiger partial charge on any atom is -0.387 e. The second-order valence-corrected chi connectivity index (χ2v) is 15.9. The van der Waals surface area contributed by atoms with E-state index < -0.39 is 50.5 Å². The normalized spacial score (nSPS) is 37.5. The molecular formula is C22H27N7O9P2S2. The summed E-state index contributed by atoms with van der Waals surface area (Å²) in [6, 6.07) is 2.67. The number of hydrogen-bond acceptors (Lipinski definition) is 14. The van der Waals surface area contributed by atoms with E-state index in [0.29, 0.717) is 23.1 Å². The van der Waals surface area contributed by atoms with Crippen molar-refractivity contribution in [2.45, 2.75) is 36.9 Å². The van der Waals surface area contributed by atoms with Gasteiger partial charge < -0.3 is 34.9 Å². The lowest BCUT2D eigenvalue weighted by Crippen LogP contribution is -2.43. The van der Waals surface area contributed by atoms with E-state index in [-0.39, 0.29) is 42.6 Å². The van der Waals surface area contributed by atoms with Crippen LogP contribution in [0.4, 0.5) is 5.82 Å². The van der Waals surface area contributed by atoms with Crippen molar-refractivity contribution in [3.05, 3.63) is 42.2 Å². The standard InChI is InChI=1S/C22H27N7O9P2S2/c23-20-16-22(27-8-26-20)29(9-28-16)14-4-11-5-34-40(33,42)38-19-17(30)15(7-36-39(32,41)35-6-12(11)14)37-18(19)10-1-2-25-13(3-10)21(24)31/h1-3,8-9,11-12,14-15,17-19,30H,4-7H2,(H2,24,31)(H,32,41)(H,33,42)(H2,23,26,27)/t11-,12-,14-,15-,17-,18+,19-,39+,40-/m1/s1. The van der Waals surface area contributed by atoms with E-state index in [1.54, 1.807) is 6.33 Å².